The lowest BCUT2D eigenvalue weighted by molar-refractivity contribution is 0.242. The van der Waals surface area contributed by atoms with Gasteiger partial charge in [-0.05, 0) is 47.2 Å². The Labute approximate surface area is 152 Å². The van der Waals surface area contributed by atoms with E-state index in [-0.39, 0.29) is 0 Å². The van der Waals surface area contributed by atoms with E-state index in [1.807, 2.05) is 18.3 Å². The molecule has 0 saturated carbocycles. The second-order valence-corrected chi connectivity index (χ2v) is 6.60. The smallest absolute Gasteiger partial charge is 0.161 e. The van der Waals surface area contributed by atoms with Gasteiger partial charge in [0.25, 0.3) is 0 Å². The van der Waals surface area contributed by atoms with E-state index in [0.717, 1.165) is 47.3 Å². The van der Waals surface area contributed by atoms with Crippen LogP contribution in [0, 0.1) is 0 Å². The summed E-state index contributed by atoms with van der Waals surface area (Å²) in [6.07, 6.45) is 4.55. The highest BCUT2D eigenvalue weighted by molar-refractivity contribution is 5.86. The molecule has 0 spiro atoms. The van der Waals surface area contributed by atoms with Gasteiger partial charge in [-0.15, -0.1) is 0 Å². The molecule has 1 N–H and O–H groups in total. The van der Waals surface area contributed by atoms with Gasteiger partial charge in [-0.1, -0.05) is 6.07 Å². The number of phenolic OH excluding ortho intramolecular Hbond substituents is 1. The van der Waals surface area contributed by atoms with Crippen LogP contribution in [0.1, 0.15) is 16.7 Å². The summed E-state index contributed by atoms with van der Waals surface area (Å²) in [7, 11) is 3.32. The highest BCUT2D eigenvalue weighted by Crippen LogP contribution is 2.34. The molecule has 0 bridgehead atoms. The number of hydrogen-bond acceptors (Lipinski definition) is 5. The summed E-state index contributed by atoms with van der Waals surface area (Å²) in [4.78, 5) is 6.57. The van der Waals surface area contributed by atoms with Gasteiger partial charge in [0.05, 0.1) is 14.2 Å². The predicted molar refractivity (Wildman–Crippen MR) is 101 cm³/mol. The Morgan fingerprint density at radius 3 is 2.62 bits per heavy atom. The topological polar surface area (TPSA) is 54.8 Å². The number of aromatic nitrogens is 1. The van der Waals surface area contributed by atoms with E-state index in [4.69, 9.17) is 9.47 Å². The molecule has 0 amide bonds. The van der Waals surface area contributed by atoms with Crippen LogP contribution in [0.3, 0.4) is 0 Å². The van der Waals surface area contributed by atoms with Gasteiger partial charge in [-0.3, -0.25) is 9.88 Å². The van der Waals surface area contributed by atoms with Crippen LogP contribution in [0.4, 0.5) is 0 Å². The number of nitrogens with zero attached hydrogens (tertiary/aromatic N) is 2. The summed E-state index contributed by atoms with van der Waals surface area (Å²) in [6.45, 7) is 2.42. The maximum atomic E-state index is 10.4. The third-order valence-corrected chi connectivity index (χ3v) is 5.09. The molecule has 1 aromatic heterocycles. The van der Waals surface area contributed by atoms with E-state index < -0.39 is 0 Å². The van der Waals surface area contributed by atoms with Crippen molar-refractivity contribution in [3.8, 4) is 17.2 Å². The van der Waals surface area contributed by atoms with Crippen LogP contribution < -0.4 is 9.47 Å². The van der Waals surface area contributed by atoms with Gasteiger partial charge in [0.2, 0.25) is 0 Å². The van der Waals surface area contributed by atoms with Crippen molar-refractivity contribution in [1.82, 2.24) is 9.88 Å². The first kappa shape index (κ1) is 16.7. The molecular formula is C21H22N2O3. The summed E-state index contributed by atoms with van der Waals surface area (Å²) >= 11 is 0. The van der Waals surface area contributed by atoms with Gasteiger partial charge in [0, 0.05) is 43.0 Å². The normalized spacial score (nSPS) is 14.2. The third kappa shape index (κ3) is 2.95. The number of phenols is 1. The van der Waals surface area contributed by atoms with Crippen LogP contribution in [0.2, 0.25) is 0 Å². The van der Waals surface area contributed by atoms with Crippen molar-refractivity contribution >= 4 is 10.8 Å². The molecule has 0 aliphatic carbocycles. The monoisotopic (exact) mass is 350 g/mol. The summed E-state index contributed by atoms with van der Waals surface area (Å²) in [5.74, 6) is 1.85. The third-order valence-electron chi connectivity index (χ3n) is 5.09. The van der Waals surface area contributed by atoms with Crippen molar-refractivity contribution in [3.63, 3.8) is 0 Å². The van der Waals surface area contributed by atoms with Crippen LogP contribution in [0.25, 0.3) is 10.8 Å². The molecule has 1 aliphatic rings. The number of aromatic hydroxyl groups is 1. The molecule has 2 heterocycles. The SMILES string of the molecule is COc1cc2c(cc1OC)CN(Cc1c(O)ccc3ccncc13)CC2. The quantitative estimate of drug-likeness (QED) is 0.780. The second kappa shape index (κ2) is 6.84. The number of methoxy groups -OCH3 is 2. The number of benzene rings is 2. The lowest BCUT2D eigenvalue weighted by Crippen LogP contribution is -2.30. The fourth-order valence-corrected chi connectivity index (χ4v) is 3.68. The lowest BCUT2D eigenvalue weighted by Gasteiger charge is -2.30. The first-order valence-electron chi connectivity index (χ1n) is 8.70. The Morgan fingerprint density at radius 2 is 1.85 bits per heavy atom. The van der Waals surface area contributed by atoms with Gasteiger partial charge in [0.1, 0.15) is 5.75 Å². The average Bonchev–Trinajstić information content (AvgIpc) is 2.69. The highest BCUT2D eigenvalue weighted by Gasteiger charge is 2.21. The maximum Gasteiger partial charge on any atom is 0.161 e. The van der Waals surface area contributed by atoms with Gasteiger partial charge in [-0.25, -0.2) is 0 Å². The Bertz CT molecular complexity index is 955. The first-order chi connectivity index (χ1) is 12.7. The summed E-state index contributed by atoms with van der Waals surface area (Å²) in [5, 5.41) is 12.5. The Morgan fingerprint density at radius 1 is 1.08 bits per heavy atom. The number of fused-ring (bicyclic) bond motifs is 2. The van der Waals surface area contributed by atoms with E-state index in [2.05, 4.69) is 22.0 Å². The molecule has 0 saturated heterocycles. The predicted octanol–water partition coefficient (Wildman–Crippen LogP) is 3.52. The second-order valence-electron chi connectivity index (χ2n) is 6.60. The fourth-order valence-electron chi connectivity index (χ4n) is 3.68. The summed E-state index contributed by atoms with van der Waals surface area (Å²) in [6, 6.07) is 9.80. The fraction of sp³-hybridized carbons (Fsp3) is 0.286. The molecule has 5 heteroatoms. The van der Waals surface area contributed by atoms with E-state index in [1.165, 1.54) is 11.1 Å². The zero-order valence-corrected chi connectivity index (χ0v) is 15.0. The van der Waals surface area contributed by atoms with Crippen LogP contribution in [-0.4, -0.2) is 35.8 Å². The first-order valence-corrected chi connectivity index (χ1v) is 8.70. The van der Waals surface area contributed by atoms with Crippen LogP contribution in [0.15, 0.2) is 42.7 Å². The Kier molecular flexibility index (Phi) is 4.39. The standard InChI is InChI=1S/C21H22N2O3/c1-25-20-9-15-6-8-23(12-16(15)10-21(20)26-2)13-18-17-11-22-7-5-14(17)3-4-19(18)24/h3-5,7,9-11,24H,6,8,12-13H2,1-2H3. The van der Waals surface area contributed by atoms with Gasteiger partial charge < -0.3 is 14.6 Å². The number of ether oxygens (including phenoxy) is 2. The molecule has 3 aromatic rings. The Hall–Kier alpha value is -2.79. The van der Waals surface area contributed by atoms with E-state index in [9.17, 15) is 5.11 Å². The lowest BCUT2D eigenvalue weighted by atomic mass is 9.97. The number of hydrogen-bond donors (Lipinski definition) is 1. The number of pyridine rings is 1. The summed E-state index contributed by atoms with van der Waals surface area (Å²) in [5.41, 5.74) is 3.47. The zero-order chi connectivity index (χ0) is 18.1. The van der Waals surface area contributed by atoms with Crippen molar-refractivity contribution in [3.05, 3.63) is 59.4 Å². The van der Waals surface area contributed by atoms with Crippen LogP contribution >= 0.6 is 0 Å². The molecule has 26 heavy (non-hydrogen) atoms. The largest absolute Gasteiger partial charge is 0.508 e. The molecule has 0 atom stereocenters. The molecular weight excluding hydrogens is 328 g/mol. The van der Waals surface area contributed by atoms with Crippen molar-refractivity contribution in [2.24, 2.45) is 0 Å². The maximum absolute atomic E-state index is 10.4. The molecule has 0 unspecified atom stereocenters. The minimum atomic E-state index is 0.323. The van der Waals surface area contributed by atoms with Crippen molar-refractivity contribution in [2.75, 3.05) is 20.8 Å². The minimum Gasteiger partial charge on any atom is -0.508 e. The average molecular weight is 350 g/mol. The van der Waals surface area contributed by atoms with E-state index >= 15 is 0 Å². The van der Waals surface area contributed by atoms with Crippen molar-refractivity contribution in [2.45, 2.75) is 19.5 Å². The van der Waals surface area contributed by atoms with Crippen LogP contribution in [0.5, 0.6) is 17.2 Å². The van der Waals surface area contributed by atoms with Crippen molar-refractivity contribution < 1.29 is 14.6 Å². The summed E-state index contributed by atoms with van der Waals surface area (Å²) < 4.78 is 10.9. The zero-order valence-electron chi connectivity index (χ0n) is 15.0. The molecule has 134 valence electrons. The minimum absolute atomic E-state index is 0.323. The van der Waals surface area contributed by atoms with Crippen molar-refractivity contribution in [1.29, 1.82) is 0 Å². The van der Waals surface area contributed by atoms with Gasteiger partial charge in [0.15, 0.2) is 11.5 Å². The van der Waals surface area contributed by atoms with E-state index in [0.29, 0.717) is 12.3 Å². The van der Waals surface area contributed by atoms with Gasteiger partial charge in [-0.2, -0.15) is 0 Å². The molecule has 4 rings (SSSR count). The highest BCUT2D eigenvalue weighted by atomic mass is 16.5. The molecule has 2 aromatic carbocycles. The Balaban J connectivity index is 1.63. The van der Waals surface area contributed by atoms with E-state index in [1.54, 1.807) is 26.5 Å². The molecule has 0 fully saturated rings. The molecule has 1 aliphatic heterocycles. The molecule has 5 nitrogen and oxygen atoms in total. The number of rotatable bonds is 4. The van der Waals surface area contributed by atoms with Crippen LogP contribution in [-0.2, 0) is 19.5 Å². The van der Waals surface area contributed by atoms with Gasteiger partial charge >= 0.3 is 0 Å². The molecule has 0 radical (unpaired) electrons.